The van der Waals surface area contributed by atoms with Gasteiger partial charge < -0.3 is 10.0 Å². The molecule has 1 fully saturated rings. The van der Waals surface area contributed by atoms with Gasteiger partial charge in [-0.05, 0) is 48.4 Å². The Morgan fingerprint density at radius 1 is 0.966 bits per heavy atom. The molecule has 6 heteroatoms. The fraction of sp³-hybridized carbons (Fsp3) is 0.174. The van der Waals surface area contributed by atoms with E-state index in [2.05, 4.69) is 9.88 Å². The summed E-state index contributed by atoms with van der Waals surface area (Å²) < 4.78 is 13.4. The highest BCUT2D eigenvalue weighted by Gasteiger charge is 2.34. The van der Waals surface area contributed by atoms with E-state index in [9.17, 15) is 9.50 Å². The lowest BCUT2D eigenvalue weighted by atomic mass is 10.0. The van der Waals surface area contributed by atoms with Gasteiger partial charge in [0.1, 0.15) is 11.6 Å². The van der Waals surface area contributed by atoms with E-state index in [0.717, 1.165) is 27.8 Å². The van der Waals surface area contributed by atoms with Crippen LogP contribution in [0.1, 0.15) is 18.0 Å². The molecule has 1 aliphatic heterocycles. The standard InChI is InChI=1S/C23H19FN4O/c24-17-9-7-15(8-10-17)21-12-18(29)14-28(21)23-19-5-1-2-6-20(19)26-22(27-23)16-4-3-11-25-13-16/h1-11,13,18,21,29H,12,14H2. The first kappa shape index (κ1) is 17.7. The van der Waals surface area contributed by atoms with E-state index in [4.69, 9.17) is 9.97 Å². The zero-order valence-electron chi connectivity index (χ0n) is 15.6. The smallest absolute Gasteiger partial charge is 0.163 e. The first-order valence-corrected chi connectivity index (χ1v) is 9.56. The van der Waals surface area contributed by atoms with Gasteiger partial charge in [-0.25, -0.2) is 14.4 Å². The molecule has 0 bridgehead atoms. The van der Waals surface area contributed by atoms with Crippen LogP contribution in [-0.2, 0) is 0 Å². The van der Waals surface area contributed by atoms with Crippen LogP contribution in [0.5, 0.6) is 0 Å². The molecule has 5 nitrogen and oxygen atoms in total. The van der Waals surface area contributed by atoms with Crippen LogP contribution in [0.3, 0.4) is 0 Å². The predicted molar refractivity (Wildman–Crippen MR) is 110 cm³/mol. The van der Waals surface area contributed by atoms with Crippen LogP contribution in [0.15, 0.2) is 73.1 Å². The van der Waals surface area contributed by atoms with Crippen molar-refractivity contribution in [3.63, 3.8) is 0 Å². The van der Waals surface area contributed by atoms with Gasteiger partial charge in [-0.15, -0.1) is 0 Å². The van der Waals surface area contributed by atoms with Crippen molar-refractivity contribution >= 4 is 16.7 Å². The van der Waals surface area contributed by atoms with Gasteiger partial charge >= 0.3 is 0 Å². The van der Waals surface area contributed by atoms with Gasteiger partial charge in [0.15, 0.2) is 5.82 Å². The molecule has 2 atom stereocenters. The lowest BCUT2D eigenvalue weighted by Gasteiger charge is -2.27. The van der Waals surface area contributed by atoms with E-state index in [1.54, 1.807) is 24.5 Å². The molecule has 29 heavy (non-hydrogen) atoms. The number of hydrogen-bond donors (Lipinski definition) is 1. The zero-order chi connectivity index (χ0) is 19.8. The van der Waals surface area contributed by atoms with Crippen molar-refractivity contribution in [2.75, 3.05) is 11.4 Å². The molecule has 2 aromatic carbocycles. The number of fused-ring (bicyclic) bond motifs is 1. The normalized spacial score (nSPS) is 19.0. The molecule has 0 radical (unpaired) electrons. The van der Waals surface area contributed by atoms with Gasteiger partial charge in [0.2, 0.25) is 0 Å². The van der Waals surface area contributed by atoms with E-state index in [1.165, 1.54) is 12.1 Å². The van der Waals surface area contributed by atoms with Crippen LogP contribution >= 0.6 is 0 Å². The summed E-state index contributed by atoms with van der Waals surface area (Å²) >= 11 is 0. The number of para-hydroxylation sites is 1. The molecule has 0 amide bonds. The number of rotatable bonds is 3. The van der Waals surface area contributed by atoms with Gasteiger partial charge in [-0.3, -0.25) is 4.98 Å². The third-order valence-corrected chi connectivity index (χ3v) is 5.31. The van der Waals surface area contributed by atoms with Crippen LogP contribution in [-0.4, -0.2) is 32.7 Å². The predicted octanol–water partition coefficient (Wildman–Crippen LogP) is 4.14. The van der Waals surface area contributed by atoms with Gasteiger partial charge in [-0.2, -0.15) is 0 Å². The fourth-order valence-corrected chi connectivity index (χ4v) is 3.95. The van der Waals surface area contributed by atoms with Crippen LogP contribution in [0.4, 0.5) is 10.2 Å². The molecular formula is C23H19FN4O. The monoisotopic (exact) mass is 386 g/mol. The lowest BCUT2D eigenvalue weighted by Crippen LogP contribution is -2.26. The lowest BCUT2D eigenvalue weighted by molar-refractivity contribution is 0.194. The minimum atomic E-state index is -0.486. The number of hydrogen-bond acceptors (Lipinski definition) is 5. The highest BCUT2D eigenvalue weighted by molar-refractivity contribution is 5.91. The molecule has 0 saturated carbocycles. The zero-order valence-corrected chi connectivity index (χ0v) is 15.6. The number of aliphatic hydroxyl groups excluding tert-OH is 1. The van der Waals surface area contributed by atoms with E-state index < -0.39 is 6.10 Å². The summed E-state index contributed by atoms with van der Waals surface area (Å²) in [6.45, 7) is 0.454. The molecule has 144 valence electrons. The molecule has 5 rings (SSSR count). The average molecular weight is 386 g/mol. The highest BCUT2D eigenvalue weighted by atomic mass is 19.1. The van der Waals surface area contributed by atoms with Crippen LogP contribution in [0, 0.1) is 5.82 Å². The topological polar surface area (TPSA) is 62.1 Å². The second-order valence-electron chi connectivity index (χ2n) is 7.24. The minimum Gasteiger partial charge on any atom is -0.391 e. The molecule has 2 unspecified atom stereocenters. The van der Waals surface area contributed by atoms with Crippen molar-refractivity contribution in [1.29, 1.82) is 0 Å². The number of nitrogens with zero attached hydrogens (tertiary/aromatic N) is 4. The van der Waals surface area contributed by atoms with Gasteiger partial charge in [0, 0.05) is 29.9 Å². The van der Waals surface area contributed by atoms with E-state index >= 15 is 0 Å². The summed E-state index contributed by atoms with van der Waals surface area (Å²) in [5.41, 5.74) is 2.61. The Labute approximate surface area is 167 Å². The number of β-amino-alcohol motifs (C(OH)–C–C–N with tert-alkyl or cyclic N) is 1. The quantitative estimate of drug-likeness (QED) is 0.573. The second kappa shape index (κ2) is 7.22. The molecule has 0 spiro atoms. The minimum absolute atomic E-state index is 0.0920. The number of benzene rings is 2. The summed E-state index contributed by atoms with van der Waals surface area (Å²) in [6, 6.07) is 18.0. The maximum Gasteiger partial charge on any atom is 0.163 e. The number of aliphatic hydroxyl groups is 1. The van der Waals surface area contributed by atoms with Crippen LogP contribution < -0.4 is 4.90 Å². The third-order valence-electron chi connectivity index (χ3n) is 5.31. The van der Waals surface area contributed by atoms with Gasteiger partial charge in [0.05, 0.1) is 17.7 Å². The maximum atomic E-state index is 13.4. The van der Waals surface area contributed by atoms with Crippen molar-refractivity contribution in [2.45, 2.75) is 18.6 Å². The molecule has 2 aromatic heterocycles. The third kappa shape index (κ3) is 3.32. The summed E-state index contributed by atoms with van der Waals surface area (Å²) in [5.74, 6) is 1.08. The Bertz CT molecular complexity index is 1150. The highest BCUT2D eigenvalue weighted by Crippen LogP contribution is 2.39. The first-order chi connectivity index (χ1) is 14.2. The van der Waals surface area contributed by atoms with Crippen molar-refractivity contribution in [3.8, 4) is 11.4 Å². The summed E-state index contributed by atoms with van der Waals surface area (Å²) in [5, 5.41) is 11.4. The second-order valence-corrected chi connectivity index (χ2v) is 7.24. The Morgan fingerprint density at radius 3 is 2.59 bits per heavy atom. The number of anilines is 1. The number of aromatic nitrogens is 3. The summed E-state index contributed by atoms with van der Waals surface area (Å²) in [6.07, 6.45) is 3.53. The number of halogens is 1. The largest absolute Gasteiger partial charge is 0.391 e. The fourth-order valence-electron chi connectivity index (χ4n) is 3.95. The van der Waals surface area contributed by atoms with Crippen molar-refractivity contribution in [1.82, 2.24) is 15.0 Å². The molecule has 1 saturated heterocycles. The van der Waals surface area contributed by atoms with Gasteiger partial charge in [0.25, 0.3) is 0 Å². The Balaban J connectivity index is 1.67. The molecule has 1 N–H and O–H groups in total. The first-order valence-electron chi connectivity index (χ1n) is 9.56. The SMILES string of the molecule is OC1CC(c2ccc(F)cc2)N(c2nc(-c3cccnc3)nc3ccccc23)C1. The van der Waals surface area contributed by atoms with Crippen LogP contribution in [0.25, 0.3) is 22.3 Å². The Kier molecular flexibility index (Phi) is 4.41. The van der Waals surface area contributed by atoms with Crippen molar-refractivity contribution in [3.05, 3.63) is 84.4 Å². The van der Waals surface area contributed by atoms with Crippen molar-refractivity contribution in [2.24, 2.45) is 0 Å². The average Bonchev–Trinajstić information content (AvgIpc) is 3.15. The van der Waals surface area contributed by atoms with Gasteiger partial charge in [-0.1, -0.05) is 24.3 Å². The summed E-state index contributed by atoms with van der Waals surface area (Å²) in [4.78, 5) is 15.9. The number of pyridine rings is 1. The molecular weight excluding hydrogens is 367 g/mol. The Morgan fingerprint density at radius 2 is 1.79 bits per heavy atom. The molecule has 4 aromatic rings. The van der Waals surface area contributed by atoms with Crippen LogP contribution in [0.2, 0.25) is 0 Å². The molecule has 1 aliphatic rings. The molecule has 3 heterocycles. The summed E-state index contributed by atoms with van der Waals surface area (Å²) in [7, 11) is 0. The van der Waals surface area contributed by atoms with E-state index in [1.807, 2.05) is 36.4 Å². The Hall–Kier alpha value is -3.38. The van der Waals surface area contributed by atoms with E-state index in [-0.39, 0.29) is 11.9 Å². The van der Waals surface area contributed by atoms with Crippen molar-refractivity contribution < 1.29 is 9.50 Å². The molecule has 0 aliphatic carbocycles. The van der Waals surface area contributed by atoms with E-state index in [0.29, 0.717) is 18.8 Å². The maximum absolute atomic E-state index is 13.4.